The second-order valence-electron chi connectivity index (χ2n) is 6.69. The maximum atomic E-state index is 10.6. The molecule has 2 aromatic rings. The molecule has 1 aliphatic rings. The molecule has 32 heavy (non-hydrogen) atoms. The number of carbonyl (C=O) groups is 2. The summed E-state index contributed by atoms with van der Waals surface area (Å²) < 4.78 is 63.5. The van der Waals surface area contributed by atoms with Crippen LogP contribution < -0.4 is 10.2 Å². The average Bonchev–Trinajstić information content (AvgIpc) is 3.16. The number of carboxylic acids is 2. The summed E-state index contributed by atoms with van der Waals surface area (Å²) >= 11 is 0. The summed E-state index contributed by atoms with van der Waals surface area (Å²) in [5, 5.41) is 18.8. The molecule has 2 aromatic heterocycles. The topological polar surface area (TPSA) is 131 Å². The number of aromatic amines is 1. The Bertz CT molecular complexity index is 877. The van der Waals surface area contributed by atoms with Gasteiger partial charge in [-0.15, -0.1) is 0 Å². The molecule has 180 valence electrons. The Hall–Kier alpha value is -3.10. The molecule has 0 aromatic carbocycles. The fraction of sp³-hybridized carbons (Fsp3) is 0.529. The molecular formula is C17H21F6N5O4. The lowest BCUT2D eigenvalue weighted by molar-refractivity contribution is -0.193. The quantitative estimate of drug-likeness (QED) is 0.490. The van der Waals surface area contributed by atoms with Crippen molar-refractivity contribution in [1.82, 2.24) is 20.3 Å². The van der Waals surface area contributed by atoms with E-state index in [4.69, 9.17) is 19.8 Å². The summed E-state index contributed by atoms with van der Waals surface area (Å²) in [4.78, 5) is 31.9. The summed E-state index contributed by atoms with van der Waals surface area (Å²) in [6.07, 6.45) is -5.40. The molecule has 0 spiro atoms. The number of rotatable bonds is 2. The molecule has 9 nitrogen and oxygen atoms in total. The zero-order valence-electron chi connectivity index (χ0n) is 16.8. The number of piperidine rings is 1. The van der Waals surface area contributed by atoms with Crippen molar-refractivity contribution in [1.29, 1.82) is 0 Å². The van der Waals surface area contributed by atoms with E-state index in [0.717, 1.165) is 29.9 Å². The fourth-order valence-electron chi connectivity index (χ4n) is 2.79. The van der Waals surface area contributed by atoms with Crippen molar-refractivity contribution in [2.45, 2.75) is 31.7 Å². The summed E-state index contributed by atoms with van der Waals surface area (Å²) in [6, 6.07) is 2.54. The Morgan fingerprint density at radius 3 is 2.09 bits per heavy atom. The molecule has 15 heteroatoms. The fourth-order valence-corrected chi connectivity index (χ4v) is 2.79. The molecule has 0 radical (unpaired) electrons. The monoisotopic (exact) mass is 473 g/mol. The highest BCUT2D eigenvalue weighted by Gasteiger charge is 2.38. The molecule has 3 rings (SSSR count). The Morgan fingerprint density at radius 1 is 1.09 bits per heavy atom. The van der Waals surface area contributed by atoms with E-state index in [9.17, 15) is 26.3 Å². The number of hydrogen-bond acceptors (Lipinski definition) is 6. The number of aromatic nitrogens is 3. The minimum absolute atomic E-state index is 0.492. The number of nitrogens with zero attached hydrogens (tertiary/aromatic N) is 3. The molecular weight excluding hydrogens is 452 g/mol. The van der Waals surface area contributed by atoms with Gasteiger partial charge in [-0.05, 0) is 24.9 Å². The van der Waals surface area contributed by atoms with Crippen LogP contribution in [0, 0.1) is 5.92 Å². The highest BCUT2D eigenvalue weighted by atomic mass is 19.4. The van der Waals surface area contributed by atoms with E-state index in [1.54, 1.807) is 6.33 Å². The van der Waals surface area contributed by atoms with Crippen LogP contribution in [-0.4, -0.2) is 75.6 Å². The summed E-state index contributed by atoms with van der Waals surface area (Å²) in [7, 11) is 2.13. The second-order valence-corrected chi connectivity index (χ2v) is 6.69. The van der Waals surface area contributed by atoms with Crippen molar-refractivity contribution in [3.63, 3.8) is 0 Å². The molecule has 0 unspecified atom stereocenters. The van der Waals surface area contributed by atoms with Crippen molar-refractivity contribution in [3.05, 3.63) is 18.6 Å². The van der Waals surface area contributed by atoms with Crippen molar-refractivity contribution < 1.29 is 46.1 Å². The van der Waals surface area contributed by atoms with E-state index in [2.05, 4.69) is 39.1 Å². The summed E-state index contributed by atoms with van der Waals surface area (Å²) in [6.45, 7) is 4.46. The Kier molecular flexibility index (Phi) is 9.23. The van der Waals surface area contributed by atoms with Gasteiger partial charge in [0.05, 0.1) is 5.39 Å². The van der Waals surface area contributed by atoms with Gasteiger partial charge in [-0.3, -0.25) is 0 Å². The third-order valence-corrected chi connectivity index (χ3v) is 4.44. The van der Waals surface area contributed by atoms with Crippen LogP contribution in [0.5, 0.6) is 0 Å². The normalized spacial score (nSPS) is 18.6. The standard InChI is InChI=1S/C13H19N5.2C2HF3O2/c1-9-3-5-14-7-11(9)18(2)13-10-4-6-15-12(10)16-8-17-13;2*3-2(4,5)1(6)7/h4,6,8-9,11,14H,3,5,7H2,1-2H3,(H,15,16,17);2*(H,6,7)/t9-,11+;;/m1../s1. The number of aliphatic carboxylic acids is 2. The number of halogens is 6. The predicted octanol–water partition coefficient (Wildman–Crippen LogP) is 2.66. The predicted molar refractivity (Wildman–Crippen MR) is 100 cm³/mol. The first kappa shape index (κ1) is 26.9. The number of fused-ring (bicyclic) bond motifs is 1. The van der Waals surface area contributed by atoms with Crippen molar-refractivity contribution >= 4 is 28.8 Å². The first-order valence-corrected chi connectivity index (χ1v) is 8.98. The first-order valence-electron chi connectivity index (χ1n) is 8.98. The Balaban J connectivity index is 0.000000305. The van der Waals surface area contributed by atoms with Crippen LogP contribution in [-0.2, 0) is 9.59 Å². The number of alkyl halides is 6. The molecule has 0 saturated carbocycles. The first-order chi connectivity index (χ1) is 14.7. The van der Waals surface area contributed by atoms with Gasteiger partial charge in [0.25, 0.3) is 0 Å². The highest BCUT2D eigenvalue weighted by Crippen LogP contribution is 2.26. The average molecular weight is 473 g/mol. The lowest BCUT2D eigenvalue weighted by atomic mass is 9.93. The number of hydrogen-bond donors (Lipinski definition) is 4. The zero-order chi connectivity index (χ0) is 24.7. The zero-order valence-corrected chi connectivity index (χ0v) is 16.8. The minimum Gasteiger partial charge on any atom is -0.475 e. The molecule has 2 atom stereocenters. The van der Waals surface area contributed by atoms with E-state index in [1.165, 1.54) is 6.42 Å². The van der Waals surface area contributed by atoms with E-state index in [0.29, 0.717) is 12.0 Å². The molecule has 3 heterocycles. The SMILES string of the molecule is C[C@@H]1CCNC[C@@H]1N(C)c1ncnc2[nH]ccc12.O=C(O)C(F)(F)F.O=C(O)C(F)(F)F. The number of likely N-dealkylation sites (N-methyl/N-ethyl adjacent to an activating group) is 1. The molecule has 4 N–H and O–H groups in total. The molecule has 1 aliphatic heterocycles. The van der Waals surface area contributed by atoms with E-state index >= 15 is 0 Å². The van der Waals surface area contributed by atoms with Gasteiger partial charge in [0.2, 0.25) is 0 Å². The van der Waals surface area contributed by atoms with Crippen LogP contribution >= 0.6 is 0 Å². The van der Waals surface area contributed by atoms with E-state index in [-0.39, 0.29) is 0 Å². The summed E-state index contributed by atoms with van der Waals surface area (Å²) in [5.74, 6) is -3.82. The van der Waals surface area contributed by atoms with Crippen molar-refractivity contribution in [2.75, 3.05) is 25.0 Å². The third-order valence-electron chi connectivity index (χ3n) is 4.44. The van der Waals surface area contributed by atoms with Gasteiger partial charge in [0, 0.05) is 25.8 Å². The van der Waals surface area contributed by atoms with Gasteiger partial charge in [-0.2, -0.15) is 26.3 Å². The van der Waals surface area contributed by atoms with Gasteiger partial charge in [-0.1, -0.05) is 6.92 Å². The second kappa shape index (κ2) is 11.0. The van der Waals surface area contributed by atoms with Crippen LogP contribution in [0.15, 0.2) is 18.6 Å². The van der Waals surface area contributed by atoms with E-state index < -0.39 is 24.3 Å². The Morgan fingerprint density at radius 2 is 1.62 bits per heavy atom. The molecule has 0 amide bonds. The van der Waals surface area contributed by atoms with Gasteiger partial charge in [-0.25, -0.2) is 19.6 Å². The van der Waals surface area contributed by atoms with Crippen LogP contribution in [0.2, 0.25) is 0 Å². The number of H-pyrrole nitrogens is 1. The minimum atomic E-state index is -5.08. The van der Waals surface area contributed by atoms with Crippen LogP contribution in [0.3, 0.4) is 0 Å². The van der Waals surface area contributed by atoms with E-state index in [1.807, 2.05) is 12.3 Å². The number of anilines is 1. The maximum Gasteiger partial charge on any atom is 0.490 e. The van der Waals surface area contributed by atoms with Gasteiger partial charge >= 0.3 is 24.3 Å². The van der Waals surface area contributed by atoms with Crippen molar-refractivity contribution in [2.24, 2.45) is 5.92 Å². The molecule has 0 bridgehead atoms. The molecule has 1 saturated heterocycles. The number of nitrogens with one attached hydrogen (secondary N) is 2. The lowest BCUT2D eigenvalue weighted by Gasteiger charge is -2.37. The van der Waals surface area contributed by atoms with Gasteiger partial charge in [0.1, 0.15) is 17.8 Å². The molecule has 1 fully saturated rings. The Labute approximate surface area is 177 Å². The summed E-state index contributed by atoms with van der Waals surface area (Å²) in [5.41, 5.74) is 0.906. The highest BCUT2D eigenvalue weighted by molar-refractivity contribution is 5.87. The van der Waals surface area contributed by atoms with Crippen molar-refractivity contribution in [3.8, 4) is 0 Å². The number of carboxylic acid groups (broad SMARTS) is 2. The van der Waals surface area contributed by atoms with Gasteiger partial charge < -0.3 is 25.4 Å². The van der Waals surface area contributed by atoms with Gasteiger partial charge in [0.15, 0.2) is 0 Å². The van der Waals surface area contributed by atoms with Crippen LogP contribution in [0.1, 0.15) is 13.3 Å². The van der Waals surface area contributed by atoms with Crippen LogP contribution in [0.4, 0.5) is 32.2 Å². The maximum absolute atomic E-state index is 10.6. The van der Waals surface area contributed by atoms with Crippen LogP contribution in [0.25, 0.3) is 11.0 Å². The smallest absolute Gasteiger partial charge is 0.475 e. The lowest BCUT2D eigenvalue weighted by Crippen LogP contribution is -2.49. The largest absolute Gasteiger partial charge is 0.490 e. The third kappa shape index (κ3) is 7.86. The molecule has 0 aliphatic carbocycles.